The Morgan fingerprint density at radius 1 is 1.25 bits per heavy atom. The summed E-state index contributed by atoms with van der Waals surface area (Å²) in [7, 11) is 0. The first kappa shape index (κ1) is 16.5. The highest BCUT2D eigenvalue weighted by Gasteiger charge is 2.17. The van der Waals surface area contributed by atoms with E-state index in [0.29, 0.717) is 12.2 Å². The predicted molar refractivity (Wildman–Crippen MR) is 98.9 cm³/mol. The van der Waals surface area contributed by atoms with Crippen molar-refractivity contribution in [3.8, 4) is 16.3 Å². The second kappa shape index (κ2) is 7.45. The molecule has 4 nitrogen and oxygen atoms in total. The first-order valence-corrected chi connectivity index (χ1v) is 9.06. The van der Waals surface area contributed by atoms with Crippen LogP contribution in [0.25, 0.3) is 16.3 Å². The Kier molecular flexibility index (Phi) is 5.11. The van der Waals surface area contributed by atoms with Crippen molar-refractivity contribution in [2.75, 3.05) is 6.54 Å². The molecule has 0 aliphatic carbocycles. The Bertz CT molecular complexity index is 821. The molecule has 0 saturated carbocycles. The van der Waals surface area contributed by atoms with Gasteiger partial charge in [0.2, 0.25) is 0 Å². The zero-order valence-corrected chi connectivity index (χ0v) is 14.8. The van der Waals surface area contributed by atoms with Gasteiger partial charge >= 0.3 is 0 Å². The van der Waals surface area contributed by atoms with Crippen LogP contribution in [0.15, 0.2) is 47.8 Å². The van der Waals surface area contributed by atoms with E-state index >= 15 is 0 Å². The van der Waals surface area contributed by atoms with Crippen LogP contribution < -0.4 is 5.32 Å². The molecule has 0 unspecified atom stereocenters. The fourth-order valence-corrected chi connectivity index (χ4v) is 3.19. The van der Waals surface area contributed by atoms with Gasteiger partial charge in [-0.15, -0.1) is 11.3 Å². The van der Waals surface area contributed by atoms with Crippen LogP contribution in [-0.2, 0) is 0 Å². The average molecular weight is 339 g/mol. The van der Waals surface area contributed by atoms with Gasteiger partial charge in [-0.3, -0.25) is 4.79 Å². The number of hydrogen-bond acceptors (Lipinski definition) is 3. The van der Waals surface area contributed by atoms with Crippen LogP contribution in [0, 0.1) is 6.92 Å². The van der Waals surface area contributed by atoms with Crippen molar-refractivity contribution in [1.29, 1.82) is 0 Å². The van der Waals surface area contributed by atoms with Crippen LogP contribution in [0.3, 0.4) is 0 Å². The zero-order chi connectivity index (χ0) is 16.9. The average Bonchev–Trinajstić information content (AvgIpc) is 3.24. The van der Waals surface area contributed by atoms with Gasteiger partial charge in [-0.05, 0) is 48.6 Å². The molecular weight excluding hydrogens is 318 g/mol. The van der Waals surface area contributed by atoms with Crippen molar-refractivity contribution in [2.24, 2.45) is 0 Å². The van der Waals surface area contributed by atoms with E-state index in [4.69, 9.17) is 0 Å². The molecule has 0 aliphatic heterocycles. The molecule has 0 radical (unpaired) electrons. The van der Waals surface area contributed by atoms with E-state index in [2.05, 4.69) is 17.3 Å². The molecule has 1 N–H and O–H groups in total. The van der Waals surface area contributed by atoms with Crippen molar-refractivity contribution in [3.05, 3.63) is 59.1 Å². The maximum atomic E-state index is 12.6. The Labute approximate surface area is 146 Å². The van der Waals surface area contributed by atoms with E-state index in [1.165, 1.54) is 0 Å². The summed E-state index contributed by atoms with van der Waals surface area (Å²) in [4.78, 5) is 13.7. The smallest absolute Gasteiger partial charge is 0.270 e. The summed E-state index contributed by atoms with van der Waals surface area (Å²) in [5.41, 5.74) is 3.43. The summed E-state index contributed by atoms with van der Waals surface area (Å²) in [6.07, 6.45) is 2.03. The number of rotatable bonds is 6. The molecule has 124 valence electrons. The van der Waals surface area contributed by atoms with Crippen molar-refractivity contribution in [3.63, 3.8) is 0 Å². The second-order valence-corrected chi connectivity index (χ2v) is 6.70. The predicted octanol–water partition coefficient (Wildman–Crippen LogP) is 4.44. The molecule has 5 heteroatoms. The van der Waals surface area contributed by atoms with Gasteiger partial charge in [0.25, 0.3) is 5.91 Å². The van der Waals surface area contributed by atoms with Crippen LogP contribution in [-0.4, -0.2) is 22.2 Å². The molecule has 0 bridgehead atoms. The van der Waals surface area contributed by atoms with Gasteiger partial charge in [-0.2, -0.15) is 5.10 Å². The Hall–Kier alpha value is -2.40. The number of carbonyl (C=O) groups excluding carboxylic acids is 1. The molecule has 2 heterocycles. The summed E-state index contributed by atoms with van der Waals surface area (Å²) < 4.78 is 1.74. The standard InChI is InChI=1S/C19H21N3OS/c1-3-4-10-20-19(23)17-13-16(18-9-6-11-24-18)21-22(17)15-8-5-7-14(2)12-15/h5-9,11-13H,3-4,10H2,1-2H3,(H,20,23). The van der Waals surface area contributed by atoms with E-state index in [-0.39, 0.29) is 5.91 Å². The monoisotopic (exact) mass is 339 g/mol. The van der Waals surface area contributed by atoms with E-state index < -0.39 is 0 Å². The molecule has 3 aromatic rings. The quantitative estimate of drug-likeness (QED) is 0.675. The number of benzene rings is 1. The number of aryl methyl sites for hydroxylation is 1. The lowest BCUT2D eigenvalue weighted by molar-refractivity contribution is 0.0945. The molecule has 0 spiro atoms. The maximum absolute atomic E-state index is 12.6. The fourth-order valence-electron chi connectivity index (χ4n) is 2.51. The van der Waals surface area contributed by atoms with Gasteiger partial charge < -0.3 is 5.32 Å². The number of nitrogens with zero attached hydrogens (tertiary/aromatic N) is 2. The summed E-state index contributed by atoms with van der Waals surface area (Å²) in [6.45, 7) is 4.83. The topological polar surface area (TPSA) is 46.9 Å². The summed E-state index contributed by atoms with van der Waals surface area (Å²) >= 11 is 1.62. The first-order valence-electron chi connectivity index (χ1n) is 8.18. The third-order valence-electron chi connectivity index (χ3n) is 3.78. The minimum absolute atomic E-state index is 0.0831. The lowest BCUT2D eigenvalue weighted by Gasteiger charge is -2.08. The number of carbonyl (C=O) groups is 1. The lowest BCUT2D eigenvalue weighted by Crippen LogP contribution is -2.26. The minimum atomic E-state index is -0.0831. The van der Waals surface area contributed by atoms with Crippen LogP contribution >= 0.6 is 11.3 Å². The number of thiophene rings is 1. The van der Waals surface area contributed by atoms with E-state index in [1.807, 2.05) is 54.8 Å². The number of unbranched alkanes of at least 4 members (excludes halogenated alkanes) is 1. The molecular formula is C19H21N3OS. The Balaban J connectivity index is 2.00. The summed E-state index contributed by atoms with van der Waals surface area (Å²) in [6, 6.07) is 13.9. The summed E-state index contributed by atoms with van der Waals surface area (Å²) in [5.74, 6) is -0.0831. The molecule has 0 fully saturated rings. The molecule has 1 aromatic carbocycles. The first-order chi connectivity index (χ1) is 11.7. The van der Waals surface area contributed by atoms with Crippen molar-refractivity contribution >= 4 is 17.2 Å². The number of hydrogen-bond donors (Lipinski definition) is 1. The number of amides is 1. The molecule has 0 atom stereocenters. The van der Waals surface area contributed by atoms with Crippen LogP contribution in [0.1, 0.15) is 35.8 Å². The Morgan fingerprint density at radius 2 is 2.12 bits per heavy atom. The fraction of sp³-hybridized carbons (Fsp3) is 0.263. The molecule has 0 aliphatic rings. The zero-order valence-electron chi connectivity index (χ0n) is 14.0. The van der Waals surface area contributed by atoms with Gasteiger partial charge in [0, 0.05) is 6.54 Å². The number of nitrogens with one attached hydrogen (secondary N) is 1. The molecule has 0 saturated heterocycles. The van der Waals surface area contributed by atoms with Gasteiger partial charge in [-0.1, -0.05) is 31.5 Å². The Morgan fingerprint density at radius 3 is 2.83 bits per heavy atom. The van der Waals surface area contributed by atoms with Crippen molar-refractivity contribution < 1.29 is 4.79 Å². The molecule has 24 heavy (non-hydrogen) atoms. The van der Waals surface area contributed by atoms with E-state index in [0.717, 1.165) is 34.7 Å². The minimum Gasteiger partial charge on any atom is -0.351 e. The van der Waals surface area contributed by atoms with Crippen LogP contribution in [0.2, 0.25) is 0 Å². The third kappa shape index (κ3) is 3.57. The van der Waals surface area contributed by atoms with Crippen molar-refractivity contribution in [2.45, 2.75) is 26.7 Å². The van der Waals surface area contributed by atoms with Crippen LogP contribution in [0.5, 0.6) is 0 Å². The normalized spacial score (nSPS) is 10.8. The molecule has 2 aromatic heterocycles. The van der Waals surface area contributed by atoms with Gasteiger partial charge in [0.05, 0.1) is 10.6 Å². The van der Waals surface area contributed by atoms with Crippen molar-refractivity contribution in [1.82, 2.24) is 15.1 Å². The maximum Gasteiger partial charge on any atom is 0.270 e. The van der Waals surface area contributed by atoms with E-state index in [1.54, 1.807) is 16.0 Å². The van der Waals surface area contributed by atoms with Crippen LogP contribution in [0.4, 0.5) is 0 Å². The third-order valence-corrected chi connectivity index (χ3v) is 4.67. The highest BCUT2D eigenvalue weighted by atomic mass is 32.1. The van der Waals surface area contributed by atoms with E-state index in [9.17, 15) is 4.79 Å². The van der Waals surface area contributed by atoms with Gasteiger partial charge in [0.15, 0.2) is 0 Å². The van der Waals surface area contributed by atoms with Gasteiger partial charge in [0.1, 0.15) is 11.4 Å². The SMILES string of the molecule is CCCCNC(=O)c1cc(-c2cccs2)nn1-c1cccc(C)c1. The number of aromatic nitrogens is 2. The molecule has 1 amide bonds. The highest BCUT2D eigenvalue weighted by Crippen LogP contribution is 2.26. The molecule has 3 rings (SSSR count). The highest BCUT2D eigenvalue weighted by molar-refractivity contribution is 7.13. The van der Waals surface area contributed by atoms with Gasteiger partial charge in [-0.25, -0.2) is 4.68 Å². The lowest BCUT2D eigenvalue weighted by atomic mass is 10.2. The summed E-state index contributed by atoms with van der Waals surface area (Å²) in [5, 5.41) is 9.68. The largest absolute Gasteiger partial charge is 0.351 e. The second-order valence-electron chi connectivity index (χ2n) is 5.75.